The van der Waals surface area contributed by atoms with Crippen LogP contribution in [0.3, 0.4) is 0 Å². The molecule has 2 atom stereocenters. The lowest BCUT2D eigenvalue weighted by Gasteiger charge is -2.25. The van der Waals surface area contributed by atoms with Crippen LogP contribution in [-0.4, -0.2) is 22.4 Å². The number of hydrogen-bond donors (Lipinski definition) is 2. The van der Waals surface area contributed by atoms with E-state index in [-0.39, 0.29) is 6.42 Å². The average molecular weight is 224 g/mol. The predicted octanol–water partition coefficient (Wildman–Crippen LogP) is 1.55. The molecule has 2 unspecified atom stereocenters. The number of aliphatic carboxylic acids is 1. The molecule has 0 saturated heterocycles. The molecule has 0 fully saturated rings. The normalized spacial score (nSPS) is 25.2. The number of carboxylic acid groups (broad SMARTS) is 1. The van der Waals surface area contributed by atoms with E-state index in [9.17, 15) is 14.3 Å². The van der Waals surface area contributed by atoms with Gasteiger partial charge in [-0.2, -0.15) is 0 Å². The Kier molecular flexibility index (Phi) is 2.46. The molecule has 1 aliphatic rings. The Bertz CT molecular complexity index is 444. The molecule has 0 aromatic heterocycles. The van der Waals surface area contributed by atoms with Crippen LogP contribution in [0.4, 0.5) is 4.39 Å². The standard InChI is InChI=1S/C12H13FO3/c1-7-2-3-8-4-5-12(16,9(8)6-7)10(13)11(14)15/h2-3,6,10,16H,4-5H2,1H3,(H,14,15). The van der Waals surface area contributed by atoms with Gasteiger partial charge >= 0.3 is 5.97 Å². The fraction of sp³-hybridized carbons (Fsp3) is 0.417. The van der Waals surface area contributed by atoms with Gasteiger partial charge in [-0.3, -0.25) is 0 Å². The van der Waals surface area contributed by atoms with Crippen molar-refractivity contribution in [3.8, 4) is 0 Å². The maximum absolute atomic E-state index is 13.6. The van der Waals surface area contributed by atoms with E-state index >= 15 is 0 Å². The van der Waals surface area contributed by atoms with Crippen molar-refractivity contribution in [1.29, 1.82) is 0 Å². The molecule has 0 amide bonds. The molecule has 86 valence electrons. The van der Waals surface area contributed by atoms with Gasteiger partial charge in [-0.25, -0.2) is 9.18 Å². The van der Waals surface area contributed by atoms with Crippen molar-refractivity contribution in [1.82, 2.24) is 0 Å². The SMILES string of the molecule is Cc1ccc2c(c1)C(O)(C(F)C(=O)O)CC2. The second-order valence-corrected chi connectivity index (χ2v) is 4.29. The zero-order valence-corrected chi connectivity index (χ0v) is 8.90. The average Bonchev–Trinajstić information content (AvgIpc) is 2.56. The minimum Gasteiger partial charge on any atom is -0.479 e. The van der Waals surface area contributed by atoms with Crippen LogP contribution in [0.2, 0.25) is 0 Å². The van der Waals surface area contributed by atoms with Gasteiger partial charge in [0.1, 0.15) is 5.60 Å². The van der Waals surface area contributed by atoms with Crippen LogP contribution in [0.5, 0.6) is 0 Å². The second kappa shape index (κ2) is 3.56. The first kappa shape index (κ1) is 11.1. The highest BCUT2D eigenvalue weighted by molar-refractivity contribution is 5.74. The smallest absolute Gasteiger partial charge is 0.341 e. The molecule has 1 aromatic carbocycles. The van der Waals surface area contributed by atoms with Crippen molar-refractivity contribution >= 4 is 5.97 Å². The molecule has 2 N–H and O–H groups in total. The summed E-state index contributed by atoms with van der Waals surface area (Å²) in [7, 11) is 0. The number of fused-ring (bicyclic) bond motifs is 1. The van der Waals surface area contributed by atoms with Crippen LogP contribution in [0.25, 0.3) is 0 Å². The van der Waals surface area contributed by atoms with Gasteiger partial charge in [0.15, 0.2) is 0 Å². The zero-order valence-electron chi connectivity index (χ0n) is 8.90. The Morgan fingerprint density at radius 1 is 1.56 bits per heavy atom. The number of carboxylic acids is 1. The molecule has 4 heteroatoms. The number of aliphatic hydroxyl groups is 1. The minimum atomic E-state index is -2.27. The van der Waals surface area contributed by atoms with Crippen molar-refractivity contribution < 1.29 is 19.4 Å². The Hall–Kier alpha value is -1.42. The molecule has 0 aliphatic heterocycles. The third kappa shape index (κ3) is 1.50. The van der Waals surface area contributed by atoms with Crippen LogP contribution >= 0.6 is 0 Å². The molecule has 16 heavy (non-hydrogen) atoms. The molecule has 0 radical (unpaired) electrons. The Labute approximate surface area is 92.5 Å². The van der Waals surface area contributed by atoms with Gasteiger partial charge in [0.2, 0.25) is 6.17 Å². The fourth-order valence-corrected chi connectivity index (χ4v) is 2.24. The van der Waals surface area contributed by atoms with Crippen LogP contribution in [0, 0.1) is 6.92 Å². The maximum atomic E-state index is 13.6. The van der Waals surface area contributed by atoms with Gasteiger partial charge in [-0.15, -0.1) is 0 Å². The largest absolute Gasteiger partial charge is 0.479 e. The van der Waals surface area contributed by atoms with Crippen molar-refractivity contribution in [3.05, 3.63) is 34.9 Å². The highest BCUT2D eigenvalue weighted by atomic mass is 19.1. The first-order valence-corrected chi connectivity index (χ1v) is 5.14. The molecule has 0 saturated carbocycles. The lowest BCUT2D eigenvalue weighted by Crippen LogP contribution is -2.40. The topological polar surface area (TPSA) is 57.5 Å². The first-order valence-electron chi connectivity index (χ1n) is 5.14. The molecule has 2 rings (SSSR count). The van der Waals surface area contributed by atoms with E-state index in [0.717, 1.165) is 11.1 Å². The molecule has 3 nitrogen and oxygen atoms in total. The quantitative estimate of drug-likeness (QED) is 0.801. The summed E-state index contributed by atoms with van der Waals surface area (Å²) in [6.45, 7) is 1.83. The fourth-order valence-electron chi connectivity index (χ4n) is 2.24. The number of alkyl halides is 1. The van der Waals surface area contributed by atoms with Crippen molar-refractivity contribution in [2.45, 2.75) is 31.5 Å². The van der Waals surface area contributed by atoms with Gasteiger partial charge in [0.25, 0.3) is 0 Å². The summed E-state index contributed by atoms with van der Waals surface area (Å²) in [6, 6.07) is 5.35. The summed E-state index contributed by atoms with van der Waals surface area (Å²) in [5.74, 6) is -1.61. The van der Waals surface area contributed by atoms with Gasteiger partial charge in [0, 0.05) is 0 Å². The van der Waals surface area contributed by atoms with E-state index in [1.165, 1.54) is 0 Å². The summed E-state index contributed by atoms with van der Waals surface area (Å²) in [4.78, 5) is 10.7. The van der Waals surface area contributed by atoms with E-state index in [1.807, 2.05) is 19.1 Å². The van der Waals surface area contributed by atoms with E-state index in [4.69, 9.17) is 5.11 Å². The van der Waals surface area contributed by atoms with Crippen LogP contribution < -0.4 is 0 Å². The third-order valence-corrected chi connectivity index (χ3v) is 3.14. The van der Waals surface area contributed by atoms with Crippen molar-refractivity contribution in [3.63, 3.8) is 0 Å². The second-order valence-electron chi connectivity index (χ2n) is 4.29. The van der Waals surface area contributed by atoms with E-state index in [2.05, 4.69) is 0 Å². The number of aryl methyl sites for hydroxylation is 2. The van der Waals surface area contributed by atoms with Gasteiger partial charge in [-0.1, -0.05) is 23.8 Å². The van der Waals surface area contributed by atoms with Crippen LogP contribution in [0.15, 0.2) is 18.2 Å². The molecular weight excluding hydrogens is 211 g/mol. The van der Waals surface area contributed by atoms with Crippen molar-refractivity contribution in [2.75, 3.05) is 0 Å². The van der Waals surface area contributed by atoms with E-state index in [0.29, 0.717) is 12.0 Å². The Morgan fingerprint density at radius 2 is 2.25 bits per heavy atom. The predicted molar refractivity (Wildman–Crippen MR) is 55.9 cm³/mol. The first-order chi connectivity index (χ1) is 7.45. The number of halogens is 1. The Morgan fingerprint density at radius 3 is 2.88 bits per heavy atom. The molecular formula is C12H13FO3. The number of carbonyl (C=O) groups is 1. The zero-order chi connectivity index (χ0) is 11.9. The number of benzene rings is 1. The van der Waals surface area contributed by atoms with Gasteiger partial charge in [-0.05, 0) is 30.9 Å². The van der Waals surface area contributed by atoms with Gasteiger partial charge < -0.3 is 10.2 Å². The molecule has 0 heterocycles. The van der Waals surface area contributed by atoms with Crippen LogP contribution in [0.1, 0.15) is 23.1 Å². The number of rotatable bonds is 2. The van der Waals surface area contributed by atoms with Crippen LogP contribution in [-0.2, 0) is 16.8 Å². The Balaban J connectivity index is 2.49. The molecule has 1 aliphatic carbocycles. The highest BCUT2D eigenvalue weighted by Crippen LogP contribution is 2.41. The van der Waals surface area contributed by atoms with Crippen molar-refractivity contribution in [2.24, 2.45) is 0 Å². The molecule has 0 spiro atoms. The number of hydrogen-bond acceptors (Lipinski definition) is 2. The van der Waals surface area contributed by atoms with E-state index < -0.39 is 17.7 Å². The summed E-state index contributed by atoms with van der Waals surface area (Å²) in [5, 5.41) is 18.8. The minimum absolute atomic E-state index is 0.124. The maximum Gasteiger partial charge on any atom is 0.341 e. The monoisotopic (exact) mass is 224 g/mol. The lowest BCUT2D eigenvalue weighted by molar-refractivity contribution is -0.155. The summed E-state index contributed by atoms with van der Waals surface area (Å²) in [6.07, 6.45) is -1.63. The third-order valence-electron chi connectivity index (χ3n) is 3.14. The highest BCUT2D eigenvalue weighted by Gasteiger charge is 2.47. The lowest BCUT2D eigenvalue weighted by atomic mass is 9.90. The molecule has 1 aromatic rings. The summed E-state index contributed by atoms with van der Waals surface area (Å²) < 4.78 is 13.6. The summed E-state index contributed by atoms with van der Waals surface area (Å²) >= 11 is 0. The summed E-state index contributed by atoms with van der Waals surface area (Å²) in [5.41, 5.74) is 0.267. The molecule has 0 bridgehead atoms. The van der Waals surface area contributed by atoms with Gasteiger partial charge in [0.05, 0.1) is 0 Å². The van der Waals surface area contributed by atoms with E-state index in [1.54, 1.807) is 6.07 Å².